The molecule has 0 saturated carbocycles. The third kappa shape index (κ3) is 6.52. The highest BCUT2D eigenvalue weighted by Crippen LogP contribution is 2.38. The minimum atomic E-state index is -1.41. The number of thioether (sulfide) groups is 2. The number of allylic oxidation sites excluding steroid dienone is 1. The molecule has 0 aliphatic carbocycles. The zero-order valence-corrected chi connectivity index (χ0v) is 25.1. The lowest BCUT2D eigenvalue weighted by Gasteiger charge is -2.44. The number of aliphatic hydroxyl groups excluding tert-OH is 3. The normalized spacial score (nSPS) is 34.8. The molecule has 4 heterocycles. The molecule has 0 radical (unpaired) electrons. The number of hydrogen-bond acceptors (Lipinski definition) is 10. The van der Waals surface area contributed by atoms with E-state index in [9.17, 15) is 20.1 Å². The van der Waals surface area contributed by atoms with Gasteiger partial charge in [-0.2, -0.15) is 0 Å². The lowest BCUT2D eigenvalue weighted by Crippen LogP contribution is -2.65. The molecule has 0 bridgehead atoms. The van der Waals surface area contributed by atoms with Gasteiger partial charge in [0.05, 0.1) is 18.8 Å². The van der Waals surface area contributed by atoms with Crippen molar-refractivity contribution in [3.8, 4) is 11.1 Å². The van der Waals surface area contributed by atoms with Gasteiger partial charge in [0.1, 0.15) is 35.9 Å². The number of carbonyl (C=O) groups is 1. The van der Waals surface area contributed by atoms with E-state index in [4.69, 9.17) is 9.47 Å². The maximum absolute atomic E-state index is 13.8. The third-order valence-corrected chi connectivity index (χ3v) is 10.4. The van der Waals surface area contributed by atoms with Gasteiger partial charge in [-0.3, -0.25) is 9.78 Å². The molecule has 5 rings (SSSR count). The second-order valence-electron chi connectivity index (χ2n) is 11.2. The maximum Gasteiger partial charge on any atom is 0.240 e. The molecule has 2 fully saturated rings. The number of rotatable bonds is 8. The fourth-order valence-corrected chi connectivity index (χ4v) is 7.65. The molecular formula is C30H39N3O6S2. The Bertz CT molecular complexity index is 1200. The van der Waals surface area contributed by atoms with Crippen LogP contribution in [0.2, 0.25) is 0 Å². The van der Waals surface area contributed by atoms with Crippen molar-refractivity contribution in [2.75, 3.05) is 19.4 Å². The molecule has 10 atom stereocenters. The van der Waals surface area contributed by atoms with Crippen molar-refractivity contribution in [1.82, 2.24) is 15.6 Å². The highest BCUT2D eigenvalue weighted by Gasteiger charge is 2.52. The van der Waals surface area contributed by atoms with Crippen LogP contribution in [0.5, 0.6) is 0 Å². The van der Waals surface area contributed by atoms with Crippen molar-refractivity contribution >= 4 is 29.4 Å². The van der Waals surface area contributed by atoms with E-state index in [1.807, 2.05) is 55.6 Å². The number of aliphatic hydroxyl groups is 3. The SMILES string of the molecule is CSC1O[C@H]([C@H](NC(=O)[C@H]2NC[C@]3(C)CC=CCO[C@@H]23)[C@H](C)Sc2ccc(-c3cccnc3)cc2)C(O)C(O)[C@H]1O. The molecular weight excluding hydrogens is 562 g/mol. The second-order valence-corrected chi connectivity index (χ2v) is 13.6. The predicted molar refractivity (Wildman–Crippen MR) is 161 cm³/mol. The van der Waals surface area contributed by atoms with E-state index in [0.29, 0.717) is 13.2 Å². The number of aromatic nitrogens is 1. The molecule has 3 unspecified atom stereocenters. The lowest BCUT2D eigenvalue weighted by molar-refractivity contribution is -0.205. The van der Waals surface area contributed by atoms with Gasteiger partial charge in [0.2, 0.25) is 5.91 Å². The number of pyridine rings is 1. The van der Waals surface area contributed by atoms with Gasteiger partial charge in [0.15, 0.2) is 0 Å². The third-order valence-electron chi connectivity index (χ3n) is 8.30. The Kier molecular flexibility index (Phi) is 9.77. The van der Waals surface area contributed by atoms with Crippen LogP contribution in [0.4, 0.5) is 0 Å². The van der Waals surface area contributed by atoms with Crippen LogP contribution in [-0.4, -0.2) is 98.9 Å². The topological polar surface area (TPSA) is 133 Å². The van der Waals surface area contributed by atoms with Crippen LogP contribution in [0.3, 0.4) is 0 Å². The number of amides is 1. The summed E-state index contributed by atoms with van der Waals surface area (Å²) in [6, 6.07) is 10.7. The van der Waals surface area contributed by atoms with Crippen LogP contribution >= 0.6 is 23.5 Å². The van der Waals surface area contributed by atoms with Crippen LogP contribution in [0, 0.1) is 5.41 Å². The molecule has 0 spiro atoms. The Balaban J connectivity index is 1.37. The minimum Gasteiger partial charge on any atom is -0.388 e. The van der Waals surface area contributed by atoms with Crippen LogP contribution in [0.25, 0.3) is 11.1 Å². The summed E-state index contributed by atoms with van der Waals surface area (Å²) in [6.45, 7) is 5.17. The summed E-state index contributed by atoms with van der Waals surface area (Å²) in [5.74, 6) is -0.248. The molecule has 222 valence electrons. The van der Waals surface area contributed by atoms with E-state index in [1.165, 1.54) is 23.5 Å². The molecule has 1 aromatic carbocycles. The summed E-state index contributed by atoms with van der Waals surface area (Å²) in [4.78, 5) is 19.0. The van der Waals surface area contributed by atoms with Crippen LogP contribution in [0.1, 0.15) is 20.3 Å². The van der Waals surface area contributed by atoms with Gasteiger partial charge >= 0.3 is 0 Å². The van der Waals surface area contributed by atoms with Crippen molar-refractivity contribution in [2.45, 2.75) is 78.5 Å². The first-order chi connectivity index (χ1) is 19.7. The summed E-state index contributed by atoms with van der Waals surface area (Å²) >= 11 is 2.79. The zero-order chi connectivity index (χ0) is 29.1. The molecule has 2 aromatic rings. The molecule has 9 nitrogen and oxygen atoms in total. The average Bonchev–Trinajstić information content (AvgIpc) is 3.19. The first-order valence-electron chi connectivity index (χ1n) is 13.9. The highest BCUT2D eigenvalue weighted by molar-refractivity contribution is 8.00. The van der Waals surface area contributed by atoms with Gasteiger partial charge in [0.25, 0.3) is 0 Å². The lowest BCUT2D eigenvalue weighted by atomic mass is 9.81. The summed E-state index contributed by atoms with van der Waals surface area (Å²) in [6.07, 6.45) is 4.90. The highest BCUT2D eigenvalue weighted by atomic mass is 32.2. The summed E-state index contributed by atoms with van der Waals surface area (Å²) in [5.41, 5.74) is 1.09. The van der Waals surface area contributed by atoms with E-state index >= 15 is 0 Å². The van der Waals surface area contributed by atoms with Crippen LogP contribution in [0.15, 0.2) is 65.8 Å². The number of fused-ring (bicyclic) bond motifs is 1. The number of ether oxygens (including phenoxy) is 2. The summed E-state index contributed by atoms with van der Waals surface area (Å²) < 4.78 is 12.2. The van der Waals surface area contributed by atoms with Gasteiger partial charge in [0, 0.05) is 34.5 Å². The fraction of sp³-hybridized carbons (Fsp3) is 0.533. The Morgan fingerprint density at radius 3 is 2.61 bits per heavy atom. The average molecular weight is 602 g/mol. The predicted octanol–water partition coefficient (Wildman–Crippen LogP) is 2.21. The largest absolute Gasteiger partial charge is 0.388 e. The monoisotopic (exact) mass is 601 g/mol. The molecule has 2 saturated heterocycles. The Morgan fingerprint density at radius 2 is 1.90 bits per heavy atom. The van der Waals surface area contributed by atoms with E-state index < -0.39 is 41.9 Å². The van der Waals surface area contributed by atoms with E-state index in [-0.39, 0.29) is 22.7 Å². The molecule has 3 aliphatic rings. The van der Waals surface area contributed by atoms with Crippen molar-refractivity contribution < 1.29 is 29.6 Å². The Hall–Kier alpha value is -1.96. The molecule has 3 aliphatic heterocycles. The first-order valence-corrected chi connectivity index (χ1v) is 16.1. The smallest absolute Gasteiger partial charge is 0.240 e. The molecule has 1 amide bonds. The zero-order valence-electron chi connectivity index (χ0n) is 23.4. The van der Waals surface area contributed by atoms with Crippen molar-refractivity contribution in [1.29, 1.82) is 0 Å². The van der Waals surface area contributed by atoms with Gasteiger partial charge in [-0.1, -0.05) is 44.2 Å². The van der Waals surface area contributed by atoms with Crippen LogP contribution in [-0.2, 0) is 14.3 Å². The number of nitrogens with one attached hydrogen (secondary N) is 2. The number of benzene rings is 1. The maximum atomic E-state index is 13.8. The van der Waals surface area contributed by atoms with E-state index in [2.05, 4.69) is 28.6 Å². The van der Waals surface area contributed by atoms with Gasteiger partial charge in [-0.15, -0.1) is 23.5 Å². The second kappa shape index (κ2) is 13.1. The minimum absolute atomic E-state index is 0.216. The van der Waals surface area contributed by atoms with Gasteiger partial charge in [-0.05, 0) is 42.0 Å². The van der Waals surface area contributed by atoms with Gasteiger partial charge < -0.3 is 35.4 Å². The molecule has 1 aromatic heterocycles. The van der Waals surface area contributed by atoms with E-state index in [0.717, 1.165) is 22.4 Å². The molecule has 41 heavy (non-hydrogen) atoms. The Labute approximate surface area is 249 Å². The quantitative estimate of drug-likeness (QED) is 0.227. The number of hydrogen-bond donors (Lipinski definition) is 5. The molecule has 11 heteroatoms. The summed E-state index contributed by atoms with van der Waals surface area (Å²) in [7, 11) is 0. The summed E-state index contributed by atoms with van der Waals surface area (Å²) in [5, 5.41) is 38.4. The van der Waals surface area contributed by atoms with Crippen molar-refractivity contribution in [3.63, 3.8) is 0 Å². The van der Waals surface area contributed by atoms with Crippen LogP contribution < -0.4 is 10.6 Å². The fourth-order valence-electron chi connectivity index (χ4n) is 5.88. The van der Waals surface area contributed by atoms with E-state index in [1.54, 1.807) is 12.5 Å². The number of carbonyl (C=O) groups excluding carboxylic acids is 1. The van der Waals surface area contributed by atoms with Gasteiger partial charge in [-0.25, -0.2) is 0 Å². The number of nitrogens with zero attached hydrogens (tertiary/aromatic N) is 1. The Morgan fingerprint density at radius 1 is 1.12 bits per heavy atom. The van der Waals surface area contributed by atoms with Crippen molar-refractivity contribution in [3.05, 3.63) is 60.9 Å². The first kappa shape index (κ1) is 30.5. The standard InChI is InChI=1S/C30H39N3O6S2/c1-17(41-20-10-8-18(9-11-20)19-7-6-13-31-15-19)21(26-24(35)23(34)25(36)29(39-26)40-3)33-28(37)22-27-30(2,16-32-22)12-4-5-14-38-27/h4-11,13,15,17,21-27,29,32,34-36H,12,14,16H2,1-3H3,(H,33,37)/t17-,21+,22-,23?,24?,25+,26+,27-,29?,30-/m0/s1. The molecule has 5 N–H and O–H groups in total. The van der Waals surface area contributed by atoms with Crippen molar-refractivity contribution in [2.24, 2.45) is 5.41 Å².